The summed E-state index contributed by atoms with van der Waals surface area (Å²) < 4.78 is 0. The molecular formula is C27H46O. The van der Waals surface area contributed by atoms with Crippen molar-refractivity contribution in [3.05, 3.63) is 24.8 Å². The highest BCUT2D eigenvalue weighted by Gasteiger charge is 2.56. The lowest BCUT2D eigenvalue weighted by atomic mass is 9.58. The fourth-order valence-corrected chi connectivity index (χ4v) is 7.52. The molecule has 1 spiro atoms. The van der Waals surface area contributed by atoms with Crippen LogP contribution in [0, 0.1) is 34.0 Å². The van der Waals surface area contributed by atoms with Gasteiger partial charge in [0.05, 0.1) is 0 Å². The number of fused-ring (bicyclic) bond motifs is 1. The molecule has 0 aromatic heterocycles. The second-order valence-corrected chi connectivity index (χ2v) is 10.6. The van der Waals surface area contributed by atoms with Crippen LogP contribution in [0.1, 0.15) is 106 Å². The average Bonchev–Trinajstić information content (AvgIpc) is 2.83. The molecule has 0 aliphatic heterocycles. The highest BCUT2D eigenvalue weighted by molar-refractivity contribution is 5.94. The molecule has 0 amide bonds. The van der Waals surface area contributed by atoms with Crippen LogP contribution < -0.4 is 0 Å². The first kappa shape index (κ1) is 23.4. The summed E-state index contributed by atoms with van der Waals surface area (Å²) in [6.07, 6.45) is 14.0. The van der Waals surface area contributed by atoms with E-state index in [9.17, 15) is 4.79 Å². The third kappa shape index (κ3) is 3.92. The number of rotatable bonds is 3. The zero-order valence-corrected chi connectivity index (χ0v) is 19.7. The molecule has 6 atom stereocenters. The van der Waals surface area contributed by atoms with Crippen molar-refractivity contribution in [3.8, 4) is 0 Å². The predicted molar refractivity (Wildman–Crippen MR) is 122 cm³/mol. The van der Waals surface area contributed by atoms with Crippen LogP contribution in [-0.4, -0.2) is 5.78 Å². The maximum atomic E-state index is 13.0. The molecule has 3 fully saturated rings. The summed E-state index contributed by atoms with van der Waals surface area (Å²) in [5, 5.41) is 0. The van der Waals surface area contributed by atoms with E-state index in [2.05, 4.69) is 40.9 Å². The molecule has 2 unspecified atom stereocenters. The summed E-state index contributed by atoms with van der Waals surface area (Å²) >= 11 is 0. The lowest BCUT2D eigenvalue weighted by molar-refractivity contribution is -0.129. The molecule has 0 saturated heterocycles. The van der Waals surface area contributed by atoms with Crippen LogP contribution in [-0.2, 0) is 4.79 Å². The number of carbonyl (C=O) groups excluding carboxylic acids is 1. The number of hydrogen-bond donors (Lipinski definition) is 0. The maximum Gasteiger partial charge on any atom is 0.161 e. The summed E-state index contributed by atoms with van der Waals surface area (Å²) in [4.78, 5) is 13.0. The van der Waals surface area contributed by atoms with Crippen molar-refractivity contribution in [3.63, 3.8) is 0 Å². The first-order chi connectivity index (χ1) is 13.2. The minimum atomic E-state index is -0.210. The van der Waals surface area contributed by atoms with Gasteiger partial charge in [0.2, 0.25) is 0 Å². The first-order valence-electron chi connectivity index (χ1n) is 12.1. The van der Waals surface area contributed by atoms with E-state index in [0.717, 1.165) is 12.3 Å². The zero-order valence-electron chi connectivity index (χ0n) is 19.7. The molecule has 0 bridgehead atoms. The number of carbonyl (C=O) groups is 1. The Morgan fingerprint density at radius 1 is 1.14 bits per heavy atom. The third-order valence-corrected chi connectivity index (χ3v) is 9.04. The van der Waals surface area contributed by atoms with Crippen LogP contribution in [0.2, 0.25) is 0 Å². The molecule has 3 saturated carbocycles. The van der Waals surface area contributed by atoms with Crippen molar-refractivity contribution in [2.45, 2.75) is 106 Å². The Bertz CT molecular complexity index is 589. The Labute approximate surface area is 175 Å². The van der Waals surface area contributed by atoms with E-state index in [-0.39, 0.29) is 5.41 Å². The Balaban J connectivity index is 0.00000136. The van der Waals surface area contributed by atoms with E-state index in [1.165, 1.54) is 63.4 Å². The maximum absolute atomic E-state index is 13.0. The molecule has 28 heavy (non-hydrogen) atoms. The van der Waals surface area contributed by atoms with Crippen LogP contribution in [0.15, 0.2) is 24.8 Å². The van der Waals surface area contributed by atoms with Crippen LogP contribution in [0.4, 0.5) is 0 Å². The van der Waals surface area contributed by atoms with E-state index < -0.39 is 0 Å². The summed E-state index contributed by atoms with van der Waals surface area (Å²) in [6, 6.07) is 0. The molecule has 0 heterocycles. The second-order valence-electron chi connectivity index (χ2n) is 10.6. The van der Waals surface area contributed by atoms with Crippen molar-refractivity contribution in [2.75, 3.05) is 0 Å². The van der Waals surface area contributed by atoms with Gasteiger partial charge >= 0.3 is 0 Å². The molecular weight excluding hydrogens is 340 g/mol. The van der Waals surface area contributed by atoms with Crippen molar-refractivity contribution in [2.24, 2.45) is 34.0 Å². The molecule has 0 aromatic carbocycles. The summed E-state index contributed by atoms with van der Waals surface area (Å²) in [7, 11) is 0. The van der Waals surface area contributed by atoms with Gasteiger partial charge in [-0.05, 0) is 79.6 Å². The SMILES string of the molecule is C=CC(=O)[C@]1(C)CCCC[C@@]2(C)CC(CC)[C@]3(CCC21)CC(=C)[C@@H](C)C3.CC. The van der Waals surface area contributed by atoms with Crippen molar-refractivity contribution >= 4 is 5.78 Å². The average molecular weight is 387 g/mol. The van der Waals surface area contributed by atoms with Gasteiger partial charge in [-0.2, -0.15) is 0 Å². The Morgan fingerprint density at radius 3 is 2.32 bits per heavy atom. The highest BCUT2D eigenvalue weighted by atomic mass is 16.1. The molecule has 160 valence electrons. The Morgan fingerprint density at radius 2 is 1.79 bits per heavy atom. The second kappa shape index (κ2) is 8.88. The van der Waals surface area contributed by atoms with Crippen LogP contribution in [0.5, 0.6) is 0 Å². The molecule has 3 aliphatic rings. The quantitative estimate of drug-likeness (QED) is 0.353. The topological polar surface area (TPSA) is 17.1 Å². The fourth-order valence-electron chi connectivity index (χ4n) is 7.52. The van der Waals surface area contributed by atoms with E-state index in [4.69, 9.17) is 0 Å². The van der Waals surface area contributed by atoms with Gasteiger partial charge in [-0.1, -0.05) is 79.5 Å². The summed E-state index contributed by atoms with van der Waals surface area (Å²) in [5.41, 5.74) is 2.00. The molecule has 3 aliphatic carbocycles. The van der Waals surface area contributed by atoms with Gasteiger partial charge in [0.1, 0.15) is 0 Å². The lowest BCUT2D eigenvalue weighted by Gasteiger charge is -2.45. The minimum Gasteiger partial charge on any atom is -0.294 e. The first-order valence-corrected chi connectivity index (χ1v) is 12.1. The fraction of sp³-hybridized carbons (Fsp3) is 0.815. The lowest BCUT2D eigenvalue weighted by Crippen LogP contribution is -2.42. The molecule has 0 radical (unpaired) electrons. The van der Waals surface area contributed by atoms with E-state index in [1.54, 1.807) is 6.08 Å². The minimum absolute atomic E-state index is 0.210. The number of hydrogen-bond acceptors (Lipinski definition) is 1. The van der Waals surface area contributed by atoms with Gasteiger partial charge in [0.15, 0.2) is 5.78 Å². The van der Waals surface area contributed by atoms with Crippen LogP contribution >= 0.6 is 0 Å². The monoisotopic (exact) mass is 386 g/mol. The van der Waals surface area contributed by atoms with E-state index in [0.29, 0.717) is 28.4 Å². The standard InChI is InChI=1S/C25H40O.C2H6/c1-7-20-17-23(5)12-9-10-13-24(6,22(26)8-2)21(23)11-14-25(20)15-18(3)19(4)16-25;1-2/h8,19-21H,2-3,7,9-17H2,1,4-6H3;1-2H3/t19-,20?,21?,23-,24+,25+;/m0./s1. The van der Waals surface area contributed by atoms with Crippen LogP contribution in [0.25, 0.3) is 0 Å². The van der Waals surface area contributed by atoms with Gasteiger partial charge in [-0.25, -0.2) is 0 Å². The van der Waals surface area contributed by atoms with Crippen LogP contribution in [0.3, 0.4) is 0 Å². The normalized spacial score (nSPS) is 43.4. The van der Waals surface area contributed by atoms with Gasteiger partial charge in [-0.3, -0.25) is 4.79 Å². The molecule has 3 rings (SSSR count). The molecule has 0 aromatic rings. The smallest absolute Gasteiger partial charge is 0.161 e. The zero-order chi connectivity index (χ0) is 21.2. The van der Waals surface area contributed by atoms with Crippen molar-refractivity contribution < 1.29 is 4.79 Å². The van der Waals surface area contributed by atoms with Crippen molar-refractivity contribution in [1.29, 1.82) is 0 Å². The highest BCUT2D eigenvalue weighted by Crippen LogP contribution is 2.64. The summed E-state index contributed by atoms with van der Waals surface area (Å²) in [5.74, 6) is 2.24. The Hall–Kier alpha value is -0.850. The molecule has 1 nitrogen and oxygen atoms in total. The van der Waals surface area contributed by atoms with E-state index in [1.807, 2.05) is 13.8 Å². The predicted octanol–water partition coefficient (Wildman–Crippen LogP) is 8.15. The van der Waals surface area contributed by atoms with E-state index >= 15 is 0 Å². The molecule has 1 heteroatoms. The summed E-state index contributed by atoms with van der Waals surface area (Å²) in [6.45, 7) is 21.8. The largest absolute Gasteiger partial charge is 0.294 e. The van der Waals surface area contributed by atoms with Gasteiger partial charge in [0, 0.05) is 5.41 Å². The van der Waals surface area contributed by atoms with Gasteiger partial charge in [-0.15, -0.1) is 0 Å². The number of allylic oxidation sites excluding steroid dienone is 2. The Kier molecular flexibility index (Phi) is 7.43. The third-order valence-electron chi connectivity index (χ3n) is 9.04. The molecule has 0 N–H and O–H groups in total. The van der Waals surface area contributed by atoms with Gasteiger partial charge < -0.3 is 0 Å². The van der Waals surface area contributed by atoms with Crippen molar-refractivity contribution in [1.82, 2.24) is 0 Å². The van der Waals surface area contributed by atoms with Gasteiger partial charge in [0.25, 0.3) is 0 Å². The number of ketones is 1.